The summed E-state index contributed by atoms with van der Waals surface area (Å²) in [4.78, 5) is 0. The standard InChI is InChI=1S/C31H46O4S/c1-10-31(11-2,25-13-12-24(22(3)18-25)16-17-36(32)29(5,6)7)26-14-15-28(23(4)19-26)33-20-27-21-34-30(8,9)35-27/h12-15,18-19,27H,10-11,16-17,20-21H2,1-9H3/t27-,36?/m1/s1. The van der Waals surface area contributed by atoms with Crippen molar-refractivity contribution in [1.82, 2.24) is 0 Å². The summed E-state index contributed by atoms with van der Waals surface area (Å²) in [6, 6.07) is 13.5. The van der Waals surface area contributed by atoms with Gasteiger partial charge in [-0.1, -0.05) is 44.2 Å². The van der Waals surface area contributed by atoms with Gasteiger partial charge in [-0.15, -0.1) is 0 Å². The first kappa shape index (κ1) is 28.9. The molecule has 36 heavy (non-hydrogen) atoms. The molecule has 1 heterocycles. The van der Waals surface area contributed by atoms with Gasteiger partial charge >= 0.3 is 0 Å². The third kappa shape index (κ3) is 6.59. The zero-order chi connectivity index (χ0) is 26.7. The molecule has 0 aromatic heterocycles. The second-order valence-electron chi connectivity index (χ2n) is 11.6. The zero-order valence-corrected chi connectivity index (χ0v) is 24.6. The maximum atomic E-state index is 12.5. The average Bonchev–Trinajstić information content (AvgIpc) is 3.16. The smallest absolute Gasteiger partial charge is 0.163 e. The van der Waals surface area contributed by atoms with Gasteiger partial charge in [-0.05, 0) is 102 Å². The van der Waals surface area contributed by atoms with Gasteiger partial charge in [-0.3, -0.25) is 4.21 Å². The fraction of sp³-hybridized carbons (Fsp3) is 0.613. The van der Waals surface area contributed by atoms with Crippen LogP contribution in [-0.4, -0.2) is 39.8 Å². The summed E-state index contributed by atoms with van der Waals surface area (Å²) in [7, 11) is -0.840. The molecule has 4 nitrogen and oxygen atoms in total. The molecule has 1 fully saturated rings. The van der Waals surface area contributed by atoms with Crippen LogP contribution in [0.2, 0.25) is 0 Å². The number of rotatable bonds is 10. The maximum absolute atomic E-state index is 12.5. The van der Waals surface area contributed by atoms with Gasteiger partial charge in [0, 0.05) is 26.7 Å². The van der Waals surface area contributed by atoms with Crippen molar-refractivity contribution < 1.29 is 18.4 Å². The normalized spacial score (nSPS) is 18.9. The Morgan fingerprint density at radius 1 is 1.00 bits per heavy atom. The molecule has 2 aromatic rings. The molecule has 200 valence electrons. The van der Waals surface area contributed by atoms with Crippen LogP contribution in [0.25, 0.3) is 0 Å². The van der Waals surface area contributed by atoms with Crippen molar-refractivity contribution >= 4 is 10.8 Å². The molecule has 0 spiro atoms. The van der Waals surface area contributed by atoms with Crippen molar-refractivity contribution in [2.45, 2.75) is 104 Å². The molecule has 3 rings (SSSR count). The first-order valence-corrected chi connectivity index (χ1v) is 14.7. The Morgan fingerprint density at radius 2 is 1.61 bits per heavy atom. The molecule has 1 aliphatic heterocycles. The summed E-state index contributed by atoms with van der Waals surface area (Å²) in [6.45, 7) is 19.9. The Balaban J connectivity index is 1.79. The number of hydrogen-bond acceptors (Lipinski definition) is 4. The van der Waals surface area contributed by atoms with Gasteiger partial charge in [0.2, 0.25) is 0 Å². The molecule has 0 amide bonds. The molecule has 0 aliphatic carbocycles. The molecule has 0 N–H and O–H groups in total. The SMILES string of the molecule is CCC(CC)(c1ccc(CCS(=O)C(C)(C)C)c(C)c1)c1ccc(OC[C@@H]2COC(C)(C)O2)c(C)c1. The Morgan fingerprint density at radius 3 is 2.11 bits per heavy atom. The van der Waals surface area contributed by atoms with E-state index in [2.05, 4.69) is 64.1 Å². The van der Waals surface area contributed by atoms with Gasteiger partial charge in [0.05, 0.1) is 6.61 Å². The van der Waals surface area contributed by atoms with Gasteiger partial charge in [-0.25, -0.2) is 0 Å². The summed E-state index contributed by atoms with van der Waals surface area (Å²) in [6.07, 6.45) is 2.82. The minimum Gasteiger partial charge on any atom is -0.491 e. The van der Waals surface area contributed by atoms with Crippen LogP contribution in [0.3, 0.4) is 0 Å². The number of aryl methyl sites for hydroxylation is 3. The van der Waals surface area contributed by atoms with Crippen molar-refractivity contribution in [3.63, 3.8) is 0 Å². The lowest BCUT2D eigenvalue weighted by molar-refractivity contribution is -0.141. The highest BCUT2D eigenvalue weighted by Crippen LogP contribution is 2.41. The second-order valence-corrected chi connectivity index (χ2v) is 13.9. The predicted molar refractivity (Wildman–Crippen MR) is 151 cm³/mol. The second kappa shape index (κ2) is 11.4. The zero-order valence-electron chi connectivity index (χ0n) is 23.8. The topological polar surface area (TPSA) is 44.8 Å². The van der Waals surface area contributed by atoms with Crippen LogP contribution in [-0.2, 0) is 32.1 Å². The lowest BCUT2D eigenvalue weighted by Gasteiger charge is -2.34. The fourth-order valence-electron chi connectivity index (χ4n) is 5.15. The van der Waals surface area contributed by atoms with Gasteiger partial charge in [-0.2, -0.15) is 0 Å². The van der Waals surface area contributed by atoms with Gasteiger partial charge in [0.15, 0.2) is 5.79 Å². The van der Waals surface area contributed by atoms with Gasteiger partial charge < -0.3 is 14.2 Å². The van der Waals surface area contributed by atoms with Crippen molar-refractivity contribution in [3.8, 4) is 5.75 Å². The minimum absolute atomic E-state index is 0.0493. The number of benzene rings is 2. The first-order chi connectivity index (χ1) is 16.8. The molecule has 1 aliphatic rings. The van der Waals surface area contributed by atoms with E-state index in [1.54, 1.807) is 0 Å². The molecule has 2 atom stereocenters. The molecular formula is C31H46O4S. The van der Waals surface area contributed by atoms with Crippen LogP contribution >= 0.6 is 0 Å². The molecule has 1 unspecified atom stereocenters. The van der Waals surface area contributed by atoms with Crippen LogP contribution in [0.5, 0.6) is 5.75 Å². The molecular weight excluding hydrogens is 468 g/mol. The lowest BCUT2D eigenvalue weighted by Crippen LogP contribution is -2.27. The predicted octanol–water partition coefficient (Wildman–Crippen LogP) is 7.03. The summed E-state index contributed by atoms with van der Waals surface area (Å²) in [5, 5.41) is 0. The molecule has 0 saturated carbocycles. The Hall–Kier alpha value is -1.69. The first-order valence-electron chi connectivity index (χ1n) is 13.4. The average molecular weight is 515 g/mol. The van der Waals surface area contributed by atoms with E-state index in [0.29, 0.717) is 19.0 Å². The number of hydrogen-bond donors (Lipinski definition) is 0. The minimum atomic E-state index is -0.840. The Bertz CT molecular complexity index is 1060. The number of ether oxygens (including phenoxy) is 3. The largest absolute Gasteiger partial charge is 0.491 e. The molecule has 0 radical (unpaired) electrons. The van der Waals surface area contributed by atoms with Crippen LogP contribution in [0, 0.1) is 13.8 Å². The summed E-state index contributed by atoms with van der Waals surface area (Å²) in [5.74, 6) is 1.06. The Kier molecular flexibility index (Phi) is 9.12. The van der Waals surface area contributed by atoms with E-state index in [9.17, 15) is 4.21 Å². The summed E-state index contributed by atoms with van der Waals surface area (Å²) < 4.78 is 30.0. The molecule has 5 heteroatoms. The van der Waals surface area contributed by atoms with Crippen LogP contribution in [0.15, 0.2) is 36.4 Å². The molecule has 1 saturated heterocycles. The fourth-order valence-corrected chi connectivity index (χ4v) is 6.17. The van der Waals surface area contributed by atoms with Crippen LogP contribution in [0.4, 0.5) is 0 Å². The van der Waals surface area contributed by atoms with E-state index >= 15 is 0 Å². The maximum Gasteiger partial charge on any atom is 0.163 e. The van der Waals surface area contributed by atoms with E-state index in [1.165, 1.54) is 22.3 Å². The highest BCUT2D eigenvalue weighted by Gasteiger charge is 2.34. The van der Waals surface area contributed by atoms with E-state index in [0.717, 1.165) is 30.6 Å². The highest BCUT2D eigenvalue weighted by molar-refractivity contribution is 7.86. The van der Waals surface area contributed by atoms with Gasteiger partial charge in [0.25, 0.3) is 0 Å². The molecule has 0 bridgehead atoms. The van der Waals surface area contributed by atoms with Crippen molar-refractivity contribution in [3.05, 3.63) is 64.2 Å². The highest BCUT2D eigenvalue weighted by atomic mass is 32.2. The van der Waals surface area contributed by atoms with Crippen LogP contribution in [0.1, 0.15) is 89.1 Å². The van der Waals surface area contributed by atoms with Crippen molar-refractivity contribution in [2.24, 2.45) is 0 Å². The Labute approximate surface area is 221 Å². The monoisotopic (exact) mass is 514 g/mol. The van der Waals surface area contributed by atoms with E-state index in [1.807, 2.05) is 34.6 Å². The van der Waals surface area contributed by atoms with Gasteiger partial charge in [0.1, 0.15) is 18.5 Å². The summed E-state index contributed by atoms with van der Waals surface area (Å²) in [5.41, 5.74) is 6.31. The van der Waals surface area contributed by atoms with Crippen LogP contribution < -0.4 is 4.74 Å². The quantitative estimate of drug-likeness (QED) is 0.341. The summed E-state index contributed by atoms with van der Waals surface area (Å²) >= 11 is 0. The van der Waals surface area contributed by atoms with Crippen molar-refractivity contribution in [2.75, 3.05) is 19.0 Å². The van der Waals surface area contributed by atoms with E-state index in [-0.39, 0.29) is 16.3 Å². The van der Waals surface area contributed by atoms with E-state index < -0.39 is 16.6 Å². The lowest BCUT2D eigenvalue weighted by atomic mass is 9.70. The third-order valence-electron chi connectivity index (χ3n) is 7.56. The third-order valence-corrected chi connectivity index (χ3v) is 9.50. The van der Waals surface area contributed by atoms with E-state index in [4.69, 9.17) is 14.2 Å². The molecule has 2 aromatic carbocycles. The van der Waals surface area contributed by atoms with Crippen molar-refractivity contribution in [1.29, 1.82) is 0 Å².